The predicted molar refractivity (Wildman–Crippen MR) is 98.0 cm³/mol. The van der Waals surface area contributed by atoms with Crippen LogP contribution in [0.4, 0.5) is 10.1 Å². The molecule has 3 nitrogen and oxygen atoms in total. The van der Waals surface area contributed by atoms with Crippen LogP contribution in [0.1, 0.15) is 28.8 Å². The normalized spacial score (nSPS) is 14.8. The highest BCUT2D eigenvalue weighted by Crippen LogP contribution is 2.26. The zero-order chi connectivity index (χ0) is 16.2. The molecule has 2 aromatic rings. The Morgan fingerprint density at radius 2 is 1.83 bits per heavy atom. The Hall–Kier alpha value is -1.62. The van der Waals surface area contributed by atoms with Crippen LogP contribution in [-0.2, 0) is 0 Å². The van der Waals surface area contributed by atoms with Gasteiger partial charge in [-0.25, -0.2) is 4.39 Å². The van der Waals surface area contributed by atoms with Crippen molar-refractivity contribution < 1.29 is 9.18 Å². The van der Waals surface area contributed by atoms with Crippen LogP contribution in [0.2, 0.25) is 5.02 Å². The van der Waals surface area contributed by atoms with Crippen LogP contribution in [0.5, 0.6) is 0 Å². The first kappa shape index (κ1) is 18.7. The molecule has 0 saturated carbocycles. The number of carbonyl (C=O) groups excluding carboxylic acids is 1. The van der Waals surface area contributed by atoms with E-state index in [1.165, 1.54) is 12.1 Å². The number of hydrogen-bond donors (Lipinski definition) is 2. The average Bonchev–Trinajstić information content (AvgIpc) is 2.57. The van der Waals surface area contributed by atoms with Gasteiger partial charge in [-0.3, -0.25) is 4.79 Å². The van der Waals surface area contributed by atoms with Crippen molar-refractivity contribution in [2.24, 2.45) is 0 Å². The Bertz CT molecular complexity index is 718. The van der Waals surface area contributed by atoms with E-state index in [0.29, 0.717) is 22.3 Å². The lowest BCUT2D eigenvalue weighted by atomic mass is 9.99. The van der Waals surface area contributed by atoms with Crippen molar-refractivity contribution in [1.29, 1.82) is 0 Å². The first-order valence-corrected chi connectivity index (χ1v) is 8.09. The number of anilines is 1. The van der Waals surface area contributed by atoms with Gasteiger partial charge < -0.3 is 10.6 Å². The molecule has 0 aromatic heterocycles. The maximum absolute atomic E-state index is 13.9. The number of rotatable bonds is 4. The smallest absolute Gasteiger partial charge is 0.198 e. The van der Waals surface area contributed by atoms with E-state index in [1.807, 2.05) is 0 Å². The van der Waals surface area contributed by atoms with E-state index in [0.717, 1.165) is 25.9 Å². The summed E-state index contributed by atoms with van der Waals surface area (Å²) in [5.74, 6) is -0.882. The summed E-state index contributed by atoms with van der Waals surface area (Å²) in [7, 11) is 0. The quantitative estimate of drug-likeness (QED) is 0.790. The molecule has 2 N–H and O–H groups in total. The Morgan fingerprint density at radius 1 is 1.12 bits per heavy atom. The van der Waals surface area contributed by atoms with E-state index < -0.39 is 5.82 Å². The molecule has 2 aromatic carbocycles. The Kier molecular flexibility index (Phi) is 6.60. The molecule has 1 fully saturated rings. The molecule has 0 radical (unpaired) electrons. The third-order valence-electron chi connectivity index (χ3n) is 4.04. The second-order valence-corrected chi connectivity index (χ2v) is 6.10. The Balaban J connectivity index is 0.00000208. The van der Waals surface area contributed by atoms with Crippen LogP contribution < -0.4 is 10.6 Å². The van der Waals surface area contributed by atoms with Gasteiger partial charge >= 0.3 is 0 Å². The molecular weight excluding hydrogens is 350 g/mol. The summed E-state index contributed by atoms with van der Waals surface area (Å²) in [6, 6.07) is 11.4. The van der Waals surface area contributed by atoms with E-state index in [2.05, 4.69) is 10.6 Å². The number of piperidine rings is 1. The Morgan fingerprint density at radius 3 is 2.54 bits per heavy atom. The minimum Gasteiger partial charge on any atom is -0.382 e. The van der Waals surface area contributed by atoms with Crippen LogP contribution in [0.15, 0.2) is 42.5 Å². The molecule has 3 rings (SSSR count). The summed E-state index contributed by atoms with van der Waals surface area (Å²) in [4.78, 5) is 12.7. The molecule has 0 unspecified atom stereocenters. The largest absolute Gasteiger partial charge is 0.382 e. The van der Waals surface area contributed by atoms with Crippen molar-refractivity contribution in [2.75, 3.05) is 18.4 Å². The van der Waals surface area contributed by atoms with Gasteiger partial charge in [-0.1, -0.05) is 23.7 Å². The van der Waals surface area contributed by atoms with Gasteiger partial charge in [-0.05, 0) is 56.3 Å². The topological polar surface area (TPSA) is 41.1 Å². The van der Waals surface area contributed by atoms with E-state index in [9.17, 15) is 9.18 Å². The number of ketones is 1. The van der Waals surface area contributed by atoms with Crippen LogP contribution in [0.3, 0.4) is 0 Å². The highest BCUT2D eigenvalue weighted by Gasteiger charge is 2.20. The SMILES string of the molecule is Cl.O=C(c1ccccc1F)c1cc(Cl)ccc1NC1CCNCC1. The fourth-order valence-electron chi connectivity index (χ4n) is 2.81. The van der Waals surface area contributed by atoms with Gasteiger partial charge in [0.25, 0.3) is 0 Å². The number of nitrogens with one attached hydrogen (secondary N) is 2. The van der Waals surface area contributed by atoms with Crippen LogP contribution in [-0.4, -0.2) is 24.9 Å². The second kappa shape index (κ2) is 8.47. The lowest BCUT2D eigenvalue weighted by molar-refractivity contribution is 0.103. The van der Waals surface area contributed by atoms with Gasteiger partial charge in [-0.15, -0.1) is 12.4 Å². The molecule has 0 aliphatic carbocycles. The molecule has 1 aliphatic rings. The van der Waals surface area contributed by atoms with Crippen molar-refractivity contribution in [3.8, 4) is 0 Å². The summed E-state index contributed by atoms with van der Waals surface area (Å²) in [6.45, 7) is 1.89. The van der Waals surface area contributed by atoms with Crippen molar-refractivity contribution >= 4 is 35.5 Å². The minimum atomic E-state index is -0.523. The Labute approximate surface area is 152 Å². The standard InChI is InChI=1S/C18H18ClFN2O.ClH/c19-12-5-6-17(22-13-7-9-21-10-8-13)15(11-12)18(23)14-3-1-2-4-16(14)20;/h1-6,11,13,21-22H,7-10H2;1H. The first-order valence-electron chi connectivity index (χ1n) is 7.71. The third-order valence-corrected chi connectivity index (χ3v) is 4.28. The van der Waals surface area contributed by atoms with Crippen molar-refractivity contribution in [3.05, 3.63) is 64.4 Å². The summed E-state index contributed by atoms with van der Waals surface area (Å²) >= 11 is 6.05. The van der Waals surface area contributed by atoms with Gasteiger partial charge in [0.05, 0.1) is 5.56 Å². The number of hydrogen-bond acceptors (Lipinski definition) is 3. The lowest BCUT2D eigenvalue weighted by Crippen LogP contribution is -2.35. The van der Waals surface area contributed by atoms with E-state index in [4.69, 9.17) is 11.6 Å². The molecule has 0 amide bonds. The monoisotopic (exact) mass is 368 g/mol. The van der Waals surface area contributed by atoms with Crippen LogP contribution >= 0.6 is 24.0 Å². The zero-order valence-electron chi connectivity index (χ0n) is 13.0. The fourth-order valence-corrected chi connectivity index (χ4v) is 2.98. The molecule has 0 atom stereocenters. The van der Waals surface area contributed by atoms with Crippen molar-refractivity contribution in [2.45, 2.75) is 18.9 Å². The summed E-state index contributed by atoms with van der Waals surface area (Å²) < 4.78 is 13.9. The molecule has 0 spiro atoms. The first-order chi connectivity index (χ1) is 11.1. The van der Waals surface area contributed by atoms with E-state index >= 15 is 0 Å². The van der Waals surface area contributed by atoms with E-state index in [1.54, 1.807) is 30.3 Å². The number of carbonyl (C=O) groups is 1. The van der Waals surface area contributed by atoms with Gasteiger partial charge in [0.1, 0.15) is 5.82 Å². The van der Waals surface area contributed by atoms with Crippen LogP contribution in [0, 0.1) is 5.82 Å². The second-order valence-electron chi connectivity index (χ2n) is 5.67. The molecule has 1 saturated heterocycles. The van der Waals surface area contributed by atoms with Gasteiger partial charge in [-0.2, -0.15) is 0 Å². The maximum atomic E-state index is 13.9. The lowest BCUT2D eigenvalue weighted by Gasteiger charge is -2.25. The molecular formula is C18H19Cl2FN2O. The average molecular weight is 369 g/mol. The highest BCUT2D eigenvalue weighted by atomic mass is 35.5. The fraction of sp³-hybridized carbons (Fsp3) is 0.278. The maximum Gasteiger partial charge on any atom is 0.198 e. The molecule has 0 bridgehead atoms. The molecule has 24 heavy (non-hydrogen) atoms. The van der Waals surface area contributed by atoms with Crippen molar-refractivity contribution in [3.63, 3.8) is 0 Å². The molecule has 128 valence electrons. The van der Waals surface area contributed by atoms with Gasteiger partial charge in [0, 0.05) is 22.3 Å². The van der Waals surface area contributed by atoms with Crippen molar-refractivity contribution in [1.82, 2.24) is 5.32 Å². The van der Waals surface area contributed by atoms with Crippen LogP contribution in [0.25, 0.3) is 0 Å². The van der Waals surface area contributed by atoms with Gasteiger partial charge in [0.15, 0.2) is 5.78 Å². The molecule has 1 aliphatic heterocycles. The summed E-state index contributed by atoms with van der Waals surface area (Å²) in [6.07, 6.45) is 1.96. The number of benzene rings is 2. The molecule has 6 heteroatoms. The van der Waals surface area contributed by atoms with Gasteiger partial charge in [0.2, 0.25) is 0 Å². The third kappa shape index (κ3) is 4.26. The highest BCUT2D eigenvalue weighted by molar-refractivity contribution is 6.31. The zero-order valence-corrected chi connectivity index (χ0v) is 14.6. The predicted octanol–water partition coefficient (Wildman–Crippen LogP) is 4.30. The summed E-state index contributed by atoms with van der Waals surface area (Å²) in [5.41, 5.74) is 1.17. The number of halogens is 3. The molecule has 1 heterocycles. The summed E-state index contributed by atoms with van der Waals surface area (Å²) in [5, 5.41) is 7.17. The van der Waals surface area contributed by atoms with E-state index in [-0.39, 0.29) is 23.8 Å². The minimum absolute atomic E-state index is 0.